The summed E-state index contributed by atoms with van der Waals surface area (Å²) in [5.41, 5.74) is 0.175. The van der Waals surface area contributed by atoms with Gasteiger partial charge in [-0.2, -0.15) is 4.98 Å². The van der Waals surface area contributed by atoms with Crippen molar-refractivity contribution in [3.8, 4) is 11.6 Å². The summed E-state index contributed by atoms with van der Waals surface area (Å²) in [7, 11) is -3.28. The summed E-state index contributed by atoms with van der Waals surface area (Å²) in [5, 5.41) is 3.79. The maximum Gasteiger partial charge on any atom is 0.258 e. The topological polar surface area (TPSA) is 101 Å². The first-order valence-corrected chi connectivity index (χ1v) is 11.7. The third-order valence-corrected chi connectivity index (χ3v) is 5.38. The number of nitrogens with one attached hydrogen (secondary N) is 1. The number of hydrogen-bond donors (Lipinski definition) is 1. The molecule has 30 heavy (non-hydrogen) atoms. The van der Waals surface area contributed by atoms with E-state index >= 15 is 0 Å². The Morgan fingerprint density at radius 3 is 2.70 bits per heavy atom. The lowest BCUT2D eigenvalue weighted by Gasteiger charge is -2.22. The fourth-order valence-electron chi connectivity index (χ4n) is 3.15. The minimum absolute atomic E-state index is 0.155. The summed E-state index contributed by atoms with van der Waals surface area (Å²) in [6.45, 7) is 4.65. The normalized spacial score (nSPS) is 17.8. The zero-order valence-electron chi connectivity index (χ0n) is 17.3. The quantitative estimate of drug-likeness (QED) is 0.720. The smallest absolute Gasteiger partial charge is 0.258 e. The van der Waals surface area contributed by atoms with E-state index in [1.54, 1.807) is 19.1 Å². The van der Waals surface area contributed by atoms with Crippen LogP contribution in [0.15, 0.2) is 48.0 Å². The number of rotatable bonds is 7. The van der Waals surface area contributed by atoms with Gasteiger partial charge in [-0.25, -0.2) is 13.4 Å². The molecule has 0 bridgehead atoms. The molecule has 0 radical (unpaired) electrons. The Balaban J connectivity index is 1.88. The Kier molecular flexibility index (Phi) is 6.71. The molecule has 2 aromatic rings. The van der Waals surface area contributed by atoms with Crippen molar-refractivity contribution in [2.45, 2.75) is 38.8 Å². The molecule has 2 heterocycles. The average Bonchev–Trinajstić information content (AvgIpc) is 3.12. The number of benzene rings is 1. The van der Waals surface area contributed by atoms with Crippen molar-refractivity contribution in [1.82, 2.24) is 15.3 Å². The number of para-hydroxylation sites is 1. The zero-order valence-corrected chi connectivity index (χ0v) is 18.1. The summed E-state index contributed by atoms with van der Waals surface area (Å²) >= 11 is 0. The lowest BCUT2D eigenvalue weighted by molar-refractivity contribution is 0.0943. The zero-order chi connectivity index (χ0) is 21.7. The number of anilines is 1. The maximum atomic E-state index is 12.8. The van der Waals surface area contributed by atoms with Crippen molar-refractivity contribution in [3.05, 3.63) is 53.6 Å². The van der Waals surface area contributed by atoms with Gasteiger partial charge in [0.1, 0.15) is 11.3 Å². The molecule has 3 rings (SSSR count). The molecule has 1 aromatic carbocycles. The number of carbonyl (C=O) groups is 1. The second-order valence-corrected chi connectivity index (χ2v) is 9.34. The van der Waals surface area contributed by atoms with Crippen LogP contribution >= 0.6 is 0 Å². The van der Waals surface area contributed by atoms with Gasteiger partial charge in [0.2, 0.25) is 11.8 Å². The molecular weight excluding hydrogens is 404 g/mol. The summed E-state index contributed by atoms with van der Waals surface area (Å²) in [6, 6.07) is 8.90. The van der Waals surface area contributed by atoms with Crippen LogP contribution in [0.4, 0.5) is 5.95 Å². The molecule has 0 spiro atoms. The summed E-state index contributed by atoms with van der Waals surface area (Å²) in [4.78, 5) is 23.8. The van der Waals surface area contributed by atoms with Gasteiger partial charge in [0.25, 0.3) is 5.91 Å². The first-order valence-electron chi connectivity index (χ1n) is 9.78. The van der Waals surface area contributed by atoms with Gasteiger partial charge >= 0.3 is 0 Å². The van der Waals surface area contributed by atoms with Gasteiger partial charge < -0.3 is 15.0 Å². The van der Waals surface area contributed by atoms with E-state index in [9.17, 15) is 13.2 Å². The van der Waals surface area contributed by atoms with E-state index in [0.717, 1.165) is 31.1 Å². The molecule has 2 atom stereocenters. The van der Waals surface area contributed by atoms with Crippen molar-refractivity contribution in [1.29, 1.82) is 0 Å². The van der Waals surface area contributed by atoms with E-state index in [4.69, 9.17) is 4.74 Å². The minimum atomic E-state index is -3.28. The fourth-order valence-corrected chi connectivity index (χ4v) is 3.67. The highest BCUT2D eigenvalue weighted by Crippen LogP contribution is 2.28. The van der Waals surface area contributed by atoms with Crippen LogP contribution in [-0.2, 0) is 9.84 Å². The third-order valence-electron chi connectivity index (χ3n) is 4.73. The van der Waals surface area contributed by atoms with Crippen molar-refractivity contribution >= 4 is 21.7 Å². The number of sulfone groups is 1. The maximum absolute atomic E-state index is 12.8. The molecule has 1 amide bonds. The highest BCUT2D eigenvalue weighted by Gasteiger charge is 2.25. The van der Waals surface area contributed by atoms with E-state index in [2.05, 4.69) is 27.1 Å². The molecular formula is C21H26N4O4S. The summed E-state index contributed by atoms with van der Waals surface area (Å²) in [5.74, 6) is 0.776. The van der Waals surface area contributed by atoms with Crippen molar-refractivity contribution in [2.75, 3.05) is 17.7 Å². The van der Waals surface area contributed by atoms with Gasteiger partial charge in [0, 0.05) is 36.5 Å². The van der Waals surface area contributed by atoms with Crippen molar-refractivity contribution < 1.29 is 17.9 Å². The van der Waals surface area contributed by atoms with E-state index in [1.807, 2.05) is 18.2 Å². The van der Waals surface area contributed by atoms with Gasteiger partial charge in [-0.05, 0) is 38.8 Å². The second-order valence-electron chi connectivity index (χ2n) is 7.41. The van der Waals surface area contributed by atoms with E-state index in [0.29, 0.717) is 17.7 Å². The molecule has 1 aromatic heterocycles. The Morgan fingerprint density at radius 1 is 1.33 bits per heavy atom. The Bertz CT molecular complexity index is 1020. The van der Waals surface area contributed by atoms with Gasteiger partial charge in [-0.1, -0.05) is 24.3 Å². The number of hydrogen-bond acceptors (Lipinski definition) is 7. The minimum Gasteiger partial charge on any atom is -0.438 e. The van der Waals surface area contributed by atoms with Crippen LogP contribution in [0.2, 0.25) is 0 Å². The standard InChI is InChI=1S/C21H26N4O4S/c1-15(11-13-30(3,27)28)23-19(26)18-14-22-21(25-12-7-8-16(25)2)24-20(18)29-17-9-5-4-6-10-17/h4-6,9-11,13-16H,7-8,12H2,1-3H3,(H,23,26)/b13-11+/t15-,16+/m0/s1. The number of nitrogens with zero attached hydrogens (tertiary/aromatic N) is 3. The number of ether oxygens (including phenoxy) is 1. The average molecular weight is 431 g/mol. The fraction of sp³-hybridized carbons (Fsp3) is 0.381. The Hall–Kier alpha value is -2.94. The molecule has 0 unspecified atom stereocenters. The lowest BCUT2D eigenvalue weighted by atomic mass is 10.2. The first kappa shape index (κ1) is 21.8. The van der Waals surface area contributed by atoms with Crippen molar-refractivity contribution in [3.63, 3.8) is 0 Å². The van der Waals surface area contributed by atoms with Gasteiger partial charge in [-0.3, -0.25) is 4.79 Å². The summed E-state index contributed by atoms with van der Waals surface area (Å²) in [6.07, 6.45) is 6.08. The second kappa shape index (κ2) is 9.25. The van der Waals surface area contributed by atoms with Crippen LogP contribution in [0.3, 0.4) is 0 Å². The number of amides is 1. The largest absolute Gasteiger partial charge is 0.438 e. The van der Waals surface area contributed by atoms with Gasteiger partial charge in [0.15, 0.2) is 9.84 Å². The van der Waals surface area contributed by atoms with Crippen molar-refractivity contribution in [2.24, 2.45) is 0 Å². The molecule has 160 valence electrons. The van der Waals surface area contributed by atoms with Crippen LogP contribution < -0.4 is 15.0 Å². The van der Waals surface area contributed by atoms with Gasteiger partial charge in [0.05, 0.1) is 0 Å². The van der Waals surface area contributed by atoms with Crippen LogP contribution in [0.25, 0.3) is 0 Å². The highest BCUT2D eigenvalue weighted by atomic mass is 32.2. The number of aromatic nitrogens is 2. The van der Waals surface area contributed by atoms with Crippen LogP contribution in [0.1, 0.15) is 37.0 Å². The highest BCUT2D eigenvalue weighted by molar-refractivity contribution is 7.93. The lowest BCUT2D eigenvalue weighted by Crippen LogP contribution is -2.32. The third kappa shape index (κ3) is 5.79. The molecule has 0 aliphatic carbocycles. The predicted molar refractivity (Wildman–Crippen MR) is 116 cm³/mol. The monoisotopic (exact) mass is 430 g/mol. The number of carbonyl (C=O) groups excluding carboxylic acids is 1. The van der Waals surface area contributed by atoms with Crippen LogP contribution in [-0.4, -0.2) is 49.2 Å². The SMILES string of the molecule is C[C@@H]1CCCN1c1ncc(C(=O)N[C@@H](C)/C=C/S(C)(=O)=O)c(Oc2ccccc2)n1. The van der Waals surface area contributed by atoms with E-state index in [-0.39, 0.29) is 11.4 Å². The van der Waals surface area contributed by atoms with E-state index < -0.39 is 21.8 Å². The van der Waals surface area contributed by atoms with Crippen LogP contribution in [0, 0.1) is 0 Å². The van der Waals surface area contributed by atoms with Gasteiger partial charge in [-0.15, -0.1) is 0 Å². The molecule has 1 fully saturated rings. The molecule has 9 heteroatoms. The van der Waals surface area contributed by atoms with E-state index in [1.165, 1.54) is 12.3 Å². The molecule has 1 saturated heterocycles. The molecule has 1 aliphatic rings. The molecule has 8 nitrogen and oxygen atoms in total. The summed E-state index contributed by atoms with van der Waals surface area (Å²) < 4.78 is 28.5. The molecule has 1 N–H and O–H groups in total. The first-order chi connectivity index (χ1) is 14.2. The Morgan fingerprint density at radius 2 is 2.07 bits per heavy atom. The Labute approximate surface area is 176 Å². The van der Waals surface area contributed by atoms with Crippen LogP contribution in [0.5, 0.6) is 11.6 Å². The predicted octanol–water partition coefficient (Wildman–Crippen LogP) is 2.93. The molecule has 0 saturated carbocycles. The molecule has 1 aliphatic heterocycles.